The Bertz CT molecular complexity index is 3210. The van der Waals surface area contributed by atoms with Crippen molar-refractivity contribution in [2.24, 2.45) is 0 Å². The normalized spacial score (nSPS) is 11.6. The summed E-state index contributed by atoms with van der Waals surface area (Å²) in [6.45, 7) is 0. The molecule has 0 fully saturated rings. The number of nitrogens with zero attached hydrogens (tertiary/aromatic N) is 1. The van der Waals surface area contributed by atoms with Crippen LogP contribution in [0.5, 0.6) is 0 Å². The molecule has 0 atom stereocenters. The third kappa shape index (κ3) is 5.62. The summed E-state index contributed by atoms with van der Waals surface area (Å²) in [5.41, 5.74) is 16.0. The average molecular weight is 777 g/mol. The molecule has 1 nitrogen and oxygen atoms in total. The maximum atomic E-state index is 2.42. The van der Waals surface area contributed by atoms with E-state index < -0.39 is 0 Å². The molecule has 2 heterocycles. The number of rotatable bonds is 6. The predicted molar refractivity (Wildman–Crippen MR) is 240 cm³/mol. The fraction of sp³-hybridized carbons (Fsp3) is 0. The van der Waals surface area contributed by atoms with Gasteiger partial charge in [0, 0.05) is 0 Å². The number of para-hydroxylation sites is 2. The molecule has 56 heavy (non-hydrogen) atoms. The van der Waals surface area contributed by atoms with Crippen LogP contribution in [-0.2, 0) is 0 Å². The van der Waals surface area contributed by atoms with Gasteiger partial charge in [-0.15, -0.1) is 0 Å². The van der Waals surface area contributed by atoms with Crippen molar-refractivity contribution in [3.8, 4) is 61.3 Å². The molecule has 0 amide bonds. The van der Waals surface area contributed by atoms with Gasteiger partial charge in [-0.25, -0.2) is 0 Å². The number of aromatic nitrogens is 1. The molecule has 0 aliphatic heterocycles. The van der Waals surface area contributed by atoms with Crippen LogP contribution in [0.1, 0.15) is 0 Å². The third-order valence-corrected chi connectivity index (χ3v) is 13.8. The summed E-state index contributed by atoms with van der Waals surface area (Å²) in [5.74, 6) is 0. The van der Waals surface area contributed by atoms with Crippen LogP contribution in [0.15, 0.2) is 212 Å². The van der Waals surface area contributed by atoms with E-state index in [1.165, 1.54) is 102 Å². The van der Waals surface area contributed by atoms with Gasteiger partial charge in [-0.2, -0.15) is 0 Å². The Morgan fingerprint density at radius 3 is 1.55 bits per heavy atom. The van der Waals surface area contributed by atoms with E-state index in [1.807, 2.05) is 0 Å². The number of hydrogen-bond acceptors (Lipinski definition) is 0. The Morgan fingerprint density at radius 1 is 0.286 bits per heavy atom. The molecule has 0 bridgehead atoms. The second-order valence-corrected chi connectivity index (χ2v) is 16.7. The molecule has 0 N–H and O–H groups in total. The first-order valence-corrected chi connectivity index (χ1v) is 20.9. The molecule has 0 aliphatic carbocycles. The summed E-state index contributed by atoms with van der Waals surface area (Å²) in [5, 5.41) is 5.26. The van der Waals surface area contributed by atoms with E-state index in [4.69, 9.17) is 0 Å². The first-order valence-electron chi connectivity index (χ1n) is 19.2. The second kappa shape index (κ2) is 13.6. The molecule has 2 aromatic heterocycles. The summed E-state index contributed by atoms with van der Waals surface area (Å²) in [4.78, 5) is 0. The van der Waals surface area contributed by atoms with E-state index in [2.05, 4.69) is 217 Å². The van der Waals surface area contributed by atoms with Crippen LogP contribution in [0.2, 0.25) is 0 Å². The van der Waals surface area contributed by atoms with Crippen LogP contribution in [-0.4, -0.2) is 19.1 Å². The maximum absolute atomic E-state index is 2.42. The average Bonchev–Trinajstić information content (AvgIpc) is 3.82. The van der Waals surface area contributed by atoms with Gasteiger partial charge >= 0.3 is 322 Å². The van der Waals surface area contributed by atoms with Crippen molar-refractivity contribution in [2.75, 3.05) is 0 Å². The minimum atomic E-state index is 0.194. The van der Waals surface area contributed by atoms with Crippen molar-refractivity contribution >= 4 is 55.6 Å². The van der Waals surface area contributed by atoms with Crippen LogP contribution in [0, 0.1) is 0 Å². The molecule has 0 radical (unpaired) electrons. The first-order chi connectivity index (χ1) is 27.7. The second-order valence-electron chi connectivity index (χ2n) is 14.5. The van der Waals surface area contributed by atoms with Crippen molar-refractivity contribution in [1.82, 2.24) is 4.57 Å². The Labute approximate surface area is 332 Å². The van der Waals surface area contributed by atoms with Gasteiger partial charge in [0.25, 0.3) is 0 Å². The van der Waals surface area contributed by atoms with Gasteiger partial charge in [0.05, 0.1) is 0 Å². The van der Waals surface area contributed by atoms with Gasteiger partial charge in [0.1, 0.15) is 0 Å². The van der Waals surface area contributed by atoms with Crippen molar-refractivity contribution in [3.05, 3.63) is 212 Å². The SMILES string of the molecule is c1ccc(-c2ccc(-c3cc(-c4ccc5c6ccccc6n(-c6ccccc6)c5c4)cc(-c4cccc5c4[se]c4ccc(-c6ccccc6)cc45)c3)cc2)cc1. The van der Waals surface area contributed by atoms with Gasteiger partial charge in [-0.3, -0.25) is 0 Å². The van der Waals surface area contributed by atoms with Gasteiger partial charge in [0.2, 0.25) is 0 Å². The quantitative estimate of drug-likeness (QED) is 0.148. The molecule has 262 valence electrons. The van der Waals surface area contributed by atoms with E-state index in [-0.39, 0.29) is 14.5 Å². The van der Waals surface area contributed by atoms with Crippen LogP contribution in [0.3, 0.4) is 0 Å². The zero-order valence-corrected chi connectivity index (χ0v) is 32.3. The molecule has 9 aromatic carbocycles. The Hall–Kier alpha value is -6.70. The van der Waals surface area contributed by atoms with Gasteiger partial charge in [-0.1, -0.05) is 12.1 Å². The monoisotopic (exact) mass is 777 g/mol. The molecule has 0 unspecified atom stereocenters. The summed E-state index contributed by atoms with van der Waals surface area (Å²) in [6, 6.07) is 78.1. The summed E-state index contributed by atoms with van der Waals surface area (Å²) in [6.07, 6.45) is 0. The molecule has 11 aromatic rings. The predicted octanol–water partition coefficient (Wildman–Crippen LogP) is 14.5. The topological polar surface area (TPSA) is 4.93 Å². The van der Waals surface area contributed by atoms with Gasteiger partial charge in [0.15, 0.2) is 0 Å². The van der Waals surface area contributed by atoms with E-state index in [0.717, 1.165) is 0 Å². The molecule has 11 rings (SSSR count). The molecule has 0 aliphatic rings. The van der Waals surface area contributed by atoms with Crippen LogP contribution >= 0.6 is 0 Å². The summed E-state index contributed by atoms with van der Waals surface area (Å²) < 4.78 is 5.32. The fourth-order valence-corrected chi connectivity index (χ4v) is 11.0. The van der Waals surface area contributed by atoms with E-state index in [1.54, 1.807) is 0 Å². The third-order valence-electron chi connectivity index (χ3n) is 11.2. The minimum absolute atomic E-state index is 0.194. The van der Waals surface area contributed by atoms with E-state index >= 15 is 0 Å². The first kappa shape index (κ1) is 32.7. The zero-order chi connectivity index (χ0) is 37.0. The van der Waals surface area contributed by atoms with Gasteiger partial charge < -0.3 is 0 Å². The van der Waals surface area contributed by atoms with E-state index in [0.29, 0.717) is 0 Å². The van der Waals surface area contributed by atoms with Gasteiger partial charge in [-0.05, 0) is 0 Å². The van der Waals surface area contributed by atoms with Crippen molar-refractivity contribution < 1.29 is 0 Å². The fourth-order valence-electron chi connectivity index (χ4n) is 8.44. The molecular weight excluding hydrogens is 742 g/mol. The molecule has 0 saturated carbocycles. The molecular formula is C54H35NSe. The van der Waals surface area contributed by atoms with Crippen LogP contribution < -0.4 is 0 Å². The number of hydrogen-bond donors (Lipinski definition) is 0. The molecule has 0 spiro atoms. The Balaban J connectivity index is 1.11. The van der Waals surface area contributed by atoms with Crippen molar-refractivity contribution in [3.63, 3.8) is 0 Å². The molecule has 2 heteroatoms. The van der Waals surface area contributed by atoms with E-state index in [9.17, 15) is 0 Å². The van der Waals surface area contributed by atoms with Crippen molar-refractivity contribution in [2.45, 2.75) is 0 Å². The number of fused-ring (bicyclic) bond motifs is 6. The van der Waals surface area contributed by atoms with Crippen molar-refractivity contribution in [1.29, 1.82) is 0 Å². The Kier molecular flexibility index (Phi) is 7.91. The zero-order valence-electron chi connectivity index (χ0n) is 30.6. The van der Waals surface area contributed by atoms with Crippen LogP contribution in [0.4, 0.5) is 0 Å². The standard InChI is InChI=1S/C54H35NSe/c1-4-13-36(14-5-1)38-23-25-39(26-24-38)42-31-43(41-27-29-48-47-19-10-11-22-51(47)55(52(48)35-41)45-17-8-3-9-18-45)33-44(32-42)46-20-12-21-49-50-34-40(37-15-6-2-7-16-37)28-30-53(50)56-54(46)49/h1-35H. The Morgan fingerprint density at radius 2 is 0.804 bits per heavy atom. The number of benzene rings is 9. The molecule has 0 saturated heterocycles. The summed E-state index contributed by atoms with van der Waals surface area (Å²) in [7, 11) is 0. The van der Waals surface area contributed by atoms with Crippen LogP contribution in [0.25, 0.3) is 102 Å². The summed E-state index contributed by atoms with van der Waals surface area (Å²) >= 11 is 0.194.